The highest BCUT2D eigenvalue weighted by molar-refractivity contribution is 9.10. The van der Waals surface area contributed by atoms with Gasteiger partial charge in [0.05, 0.1) is 22.5 Å². The van der Waals surface area contributed by atoms with E-state index in [-0.39, 0.29) is 17.3 Å². The first kappa shape index (κ1) is 22.5. The molecule has 1 saturated carbocycles. The normalized spacial score (nSPS) is 26.2. The highest BCUT2D eigenvalue weighted by Crippen LogP contribution is 2.53. The predicted molar refractivity (Wildman–Crippen MR) is 139 cm³/mol. The number of amidine groups is 1. The average Bonchev–Trinajstić information content (AvgIpc) is 3.31. The van der Waals surface area contributed by atoms with E-state index in [1.165, 1.54) is 12.0 Å². The standard InChI is InChI=1S/C26H28BrN5S/c1-15-12-20-21(13-16(15)2)31-25(30-20)26(14-28)22(18-10-6-7-11-19(18)27)23(33)32(24(26)29)17-8-4-3-5-9-17/h6-7,10-13,17,22-23,29,33H,3-5,8-9H2,1-2H3,(H,30,31). The minimum absolute atomic E-state index is 0.225. The number of hydrogen-bond acceptors (Lipinski definition) is 4. The van der Waals surface area contributed by atoms with Gasteiger partial charge in [-0.1, -0.05) is 53.4 Å². The van der Waals surface area contributed by atoms with Crippen molar-refractivity contribution in [3.63, 3.8) is 0 Å². The molecule has 1 aliphatic heterocycles. The number of nitrogens with zero attached hydrogens (tertiary/aromatic N) is 3. The Labute approximate surface area is 208 Å². The third-order valence-electron chi connectivity index (χ3n) is 7.54. The second kappa shape index (κ2) is 8.48. The molecule has 33 heavy (non-hydrogen) atoms. The summed E-state index contributed by atoms with van der Waals surface area (Å²) in [5.41, 5.74) is 3.78. The Hall–Kier alpha value is -2.30. The van der Waals surface area contributed by atoms with Crippen molar-refractivity contribution in [1.29, 1.82) is 10.7 Å². The Morgan fingerprint density at radius 1 is 1.18 bits per heavy atom. The quantitative estimate of drug-likeness (QED) is 0.350. The summed E-state index contributed by atoms with van der Waals surface area (Å²) < 4.78 is 0.926. The molecular formula is C26H28BrN5S. The SMILES string of the molecule is Cc1cc2nc(C3(C#N)C(=N)N(C4CCCCC4)C(S)C3c3ccccc3Br)[nH]c2cc1C. The zero-order chi connectivity index (χ0) is 23.3. The molecule has 7 heteroatoms. The van der Waals surface area contributed by atoms with Crippen molar-refractivity contribution in [2.75, 3.05) is 0 Å². The van der Waals surface area contributed by atoms with Crippen LogP contribution in [0, 0.1) is 30.6 Å². The monoisotopic (exact) mass is 521 g/mol. The highest BCUT2D eigenvalue weighted by Gasteiger charge is 2.61. The molecule has 0 amide bonds. The molecule has 2 N–H and O–H groups in total. The molecule has 170 valence electrons. The van der Waals surface area contributed by atoms with E-state index in [1.54, 1.807) is 0 Å². The molecule has 3 atom stereocenters. The van der Waals surface area contributed by atoms with Crippen molar-refractivity contribution in [3.05, 3.63) is 63.4 Å². The molecule has 2 aromatic carbocycles. The third-order valence-corrected chi connectivity index (χ3v) is 8.81. The second-order valence-corrected chi connectivity index (χ2v) is 10.8. The van der Waals surface area contributed by atoms with Crippen LogP contribution in [0.15, 0.2) is 40.9 Å². The third kappa shape index (κ3) is 3.41. The van der Waals surface area contributed by atoms with E-state index >= 15 is 0 Å². The van der Waals surface area contributed by atoms with Crippen LogP contribution in [0.1, 0.15) is 60.5 Å². The first-order chi connectivity index (χ1) is 15.9. The molecule has 5 nitrogen and oxygen atoms in total. The molecule has 2 fully saturated rings. The van der Waals surface area contributed by atoms with Crippen LogP contribution < -0.4 is 0 Å². The van der Waals surface area contributed by atoms with Crippen molar-refractivity contribution in [1.82, 2.24) is 14.9 Å². The number of nitrogens with one attached hydrogen (secondary N) is 2. The van der Waals surface area contributed by atoms with Gasteiger partial charge in [-0.2, -0.15) is 17.9 Å². The van der Waals surface area contributed by atoms with E-state index in [4.69, 9.17) is 17.6 Å². The van der Waals surface area contributed by atoms with E-state index in [2.05, 4.69) is 57.9 Å². The molecule has 3 aromatic rings. The van der Waals surface area contributed by atoms with Gasteiger partial charge in [-0.15, -0.1) is 0 Å². The average molecular weight is 523 g/mol. The topological polar surface area (TPSA) is 79.6 Å². The Kier molecular flexibility index (Phi) is 5.78. The number of aromatic nitrogens is 2. The van der Waals surface area contributed by atoms with Crippen molar-refractivity contribution in [2.45, 2.75) is 68.7 Å². The number of likely N-dealkylation sites (tertiary alicyclic amines) is 1. The van der Waals surface area contributed by atoms with Gasteiger partial charge < -0.3 is 9.88 Å². The highest BCUT2D eigenvalue weighted by atomic mass is 79.9. The minimum atomic E-state index is -1.26. The molecule has 0 bridgehead atoms. The summed E-state index contributed by atoms with van der Waals surface area (Å²) in [5, 5.41) is 19.9. The van der Waals surface area contributed by atoms with Gasteiger partial charge in [-0.05, 0) is 61.6 Å². The summed E-state index contributed by atoms with van der Waals surface area (Å²) in [6.07, 6.45) is 5.59. The van der Waals surface area contributed by atoms with Crippen molar-refractivity contribution < 1.29 is 0 Å². The number of rotatable bonds is 3. The molecule has 2 heterocycles. The van der Waals surface area contributed by atoms with Crippen LogP contribution in [0.4, 0.5) is 0 Å². The molecule has 2 aliphatic rings. The van der Waals surface area contributed by atoms with Crippen LogP contribution in [0.25, 0.3) is 11.0 Å². The first-order valence-electron chi connectivity index (χ1n) is 11.6. The number of benzene rings is 2. The summed E-state index contributed by atoms with van der Waals surface area (Å²) in [6, 6.07) is 14.9. The Morgan fingerprint density at radius 3 is 2.58 bits per heavy atom. The number of aryl methyl sites for hydroxylation is 2. The van der Waals surface area contributed by atoms with E-state index in [9.17, 15) is 10.7 Å². The lowest BCUT2D eigenvalue weighted by molar-refractivity contribution is 0.238. The lowest BCUT2D eigenvalue weighted by Gasteiger charge is -2.36. The number of nitriles is 1. The molecule has 3 unspecified atom stereocenters. The zero-order valence-corrected chi connectivity index (χ0v) is 21.4. The fourth-order valence-corrected chi connectivity index (χ4v) is 6.86. The van der Waals surface area contributed by atoms with Crippen LogP contribution in [0.3, 0.4) is 0 Å². The number of aromatic amines is 1. The lowest BCUT2D eigenvalue weighted by atomic mass is 9.74. The van der Waals surface area contributed by atoms with Gasteiger partial charge in [0.25, 0.3) is 0 Å². The zero-order valence-electron chi connectivity index (χ0n) is 18.9. The van der Waals surface area contributed by atoms with Gasteiger partial charge >= 0.3 is 0 Å². The number of fused-ring (bicyclic) bond motifs is 1. The van der Waals surface area contributed by atoms with Gasteiger partial charge in [0, 0.05) is 16.4 Å². The van der Waals surface area contributed by atoms with Crippen molar-refractivity contribution in [2.24, 2.45) is 0 Å². The number of H-pyrrole nitrogens is 1. The maximum atomic E-state index is 10.8. The molecule has 0 spiro atoms. The molecule has 1 saturated heterocycles. The number of hydrogen-bond donors (Lipinski definition) is 3. The molecule has 1 aromatic heterocycles. The molecule has 0 radical (unpaired) electrons. The molecule has 1 aliphatic carbocycles. The largest absolute Gasteiger partial charge is 0.343 e. The Balaban J connectivity index is 1.74. The van der Waals surface area contributed by atoms with Gasteiger partial charge in [0.2, 0.25) is 0 Å². The lowest BCUT2D eigenvalue weighted by Crippen LogP contribution is -2.44. The van der Waals surface area contributed by atoms with Crippen molar-refractivity contribution >= 4 is 45.4 Å². The predicted octanol–water partition coefficient (Wildman–Crippen LogP) is 6.37. The van der Waals surface area contributed by atoms with Gasteiger partial charge in [-0.3, -0.25) is 5.41 Å². The Bertz CT molecular complexity index is 1230. The van der Waals surface area contributed by atoms with E-state index in [0.717, 1.165) is 52.3 Å². The van der Waals surface area contributed by atoms with Crippen LogP contribution in [0.5, 0.6) is 0 Å². The fourth-order valence-electron chi connectivity index (χ4n) is 5.64. The van der Waals surface area contributed by atoms with E-state index in [1.807, 2.05) is 24.3 Å². The number of imidazole rings is 1. The van der Waals surface area contributed by atoms with Gasteiger partial charge in [0.15, 0.2) is 5.41 Å². The smallest absolute Gasteiger partial charge is 0.181 e. The van der Waals surface area contributed by atoms with Gasteiger partial charge in [-0.25, -0.2) is 4.98 Å². The van der Waals surface area contributed by atoms with Crippen LogP contribution in [-0.2, 0) is 5.41 Å². The van der Waals surface area contributed by atoms with E-state index in [0.29, 0.717) is 11.7 Å². The van der Waals surface area contributed by atoms with Gasteiger partial charge in [0.1, 0.15) is 11.7 Å². The summed E-state index contributed by atoms with van der Waals surface area (Å²) in [6.45, 7) is 4.14. The first-order valence-corrected chi connectivity index (χ1v) is 12.9. The molecule has 5 rings (SSSR count). The maximum Gasteiger partial charge on any atom is 0.181 e. The Morgan fingerprint density at radius 2 is 1.88 bits per heavy atom. The molecular weight excluding hydrogens is 494 g/mol. The summed E-state index contributed by atoms with van der Waals surface area (Å²) >= 11 is 8.81. The maximum absolute atomic E-state index is 10.8. The van der Waals surface area contributed by atoms with Crippen molar-refractivity contribution in [3.8, 4) is 6.07 Å². The summed E-state index contributed by atoms with van der Waals surface area (Å²) in [5.74, 6) is 0.497. The summed E-state index contributed by atoms with van der Waals surface area (Å²) in [4.78, 5) is 10.5. The second-order valence-electron chi connectivity index (χ2n) is 9.42. The summed E-state index contributed by atoms with van der Waals surface area (Å²) in [7, 11) is 0. The fraction of sp³-hybridized carbons (Fsp3) is 0.423. The number of thiol groups is 1. The van der Waals surface area contributed by atoms with Crippen LogP contribution >= 0.6 is 28.6 Å². The van der Waals surface area contributed by atoms with E-state index < -0.39 is 5.41 Å². The van der Waals surface area contributed by atoms with Crippen LogP contribution in [-0.4, -0.2) is 32.1 Å². The van der Waals surface area contributed by atoms with Crippen LogP contribution in [0.2, 0.25) is 0 Å². The number of halogens is 1. The minimum Gasteiger partial charge on any atom is -0.343 e.